The molecule has 0 bridgehead atoms. The number of hydrogen-bond donors (Lipinski definition) is 1. The van der Waals surface area contributed by atoms with E-state index in [2.05, 4.69) is 82.8 Å². The molecule has 102 valence electrons. The van der Waals surface area contributed by atoms with Crippen LogP contribution in [0.25, 0.3) is 10.1 Å². The summed E-state index contributed by atoms with van der Waals surface area (Å²) in [4.78, 5) is 1.39. The summed E-state index contributed by atoms with van der Waals surface area (Å²) in [5.74, 6) is 0. The number of benzene rings is 2. The predicted molar refractivity (Wildman–Crippen MR) is 91.2 cm³/mol. The fraction of sp³-hybridized carbons (Fsp3) is 0.176. The fourth-order valence-corrected chi connectivity index (χ4v) is 3.77. The number of halogens is 1. The van der Waals surface area contributed by atoms with Crippen LogP contribution in [0.2, 0.25) is 0 Å². The first-order chi connectivity index (χ1) is 9.72. The normalized spacial score (nSPS) is 12.7. The Bertz CT molecular complexity index is 687. The summed E-state index contributed by atoms with van der Waals surface area (Å²) >= 11 is 5.38. The van der Waals surface area contributed by atoms with Crippen molar-refractivity contribution in [3.05, 3.63) is 69.5 Å². The van der Waals surface area contributed by atoms with Crippen molar-refractivity contribution in [2.75, 3.05) is 0 Å². The third kappa shape index (κ3) is 3.11. The highest BCUT2D eigenvalue weighted by Crippen LogP contribution is 2.29. The van der Waals surface area contributed by atoms with Gasteiger partial charge in [0.1, 0.15) is 0 Å². The van der Waals surface area contributed by atoms with Crippen molar-refractivity contribution in [2.24, 2.45) is 0 Å². The molecule has 3 rings (SSSR count). The first-order valence-electron chi connectivity index (χ1n) is 6.69. The third-order valence-electron chi connectivity index (χ3n) is 3.37. The van der Waals surface area contributed by atoms with E-state index in [0.717, 1.165) is 11.0 Å². The molecule has 0 aliphatic heterocycles. The van der Waals surface area contributed by atoms with Gasteiger partial charge in [-0.25, -0.2) is 0 Å². The summed E-state index contributed by atoms with van der Waals surface area (Å²) in [7, 11) is 0. The van der Waals surface area contributed by atoms with Crippen LogP contribution in [0.3, 0.4) is 0 Å². The fourth-order valence-electron chi connectivity index (χ4n) is 2.23. The van der Waals surface area contributed by atoms with Gasteiger partial charge >= 0.3 is 0 Å². The minimum absolute atomic E-state index is 0.367. The van der Waals surface area contributed by atoms with E-state index in [-0.39, 0.29) is 0 Å². The van der Waals surface area contributed by atoms with Gasteiger partial charge in [0.15, 0.2) is 0 Å². The molecule has 0 radical (unpaired) electrons. The summed E-state index contributed by atoms with van der Waals surface area (Å²) in [6.07, 6.45) is 0. The molecule has 0 spiro atoms. The maximum absolute atomic E-state index is 3.59. The van der Waals surface area contributed by atoms with Gasteiger partial charge in [-0.3, -0.25) is 0 Å². The lowest BCUT2D eigenvalue weighted by molar-refractivity contribution is 0.583. The Morgan fingerprint density at radius 3 is 2.75 bits per heavy atom. The minimum Gasteiger partial charge on any atom is -0.305 e. The highest BCUT2D eigenvalue weighted by molar-refractivity contribution is 9.10. The zero-order valence-corrected chi connectivity index (χ0v) is 13.7. The number of nitrogens with one attached hydrogen (secondary N) is 1. The molecule has 2 aromatic carbocycles. The molecule has 0 aliphatic carbocycles. The van der Waals surface area contributed by atoms with Crippen LogP contribution < -0.4 is 5.32 Å². The molecule has 0 fully saturated rings. The van der Waals surface area contributed by atoms with E-state index in [9.17, 15) is 0 Å². The Hall–Kier alpha value is -1.16. The number of fused-ring (bicyclic) bond motifs is 1. The van der Waals surface area contributed by atoms with Gasteiger partial charge in [0.25, 0.3) is 0 Å². The Morgan fingerprint density at radius 1 is 1.10 bits per heavy atom. The smallest absolute Gasteiger partial charge is 0.0389 e. The Morgan fingerprint density at radius 2 is 1.95 bits per heavy atom. The van der Waals surface area contributed by atoms with Crippen molar-refractivity contribution in [3.63, 3.8) is 0 Å². The summed E-state index contributed by atoms with van der Waals surface area (Å²) in [5, 5.41) is 4.93. The highest BCUT2D eigenvalue weighted by atomic mass is 79.9. The van der Waals surface area contributed by atoms with Gasteiger partial charge in [0.05, 0.1) is 0 Å². The zero-order chi connectivity index (χ0) is 13.9. The molecule has 0 saturated carbocycles. The van der Waals surface area contributed by atoms with E-state index < -0.39 is 0 Å². The molecule has 1 heterocycles. The molecule has 0 amide bonds. The number of hydrogen-bond acceptors (Lipinski definition) is 2. The predicted octanol–water partition coefficient (Wildman–Crippen LogP) is 5.51. The zero-order valence-electron chi connectivity index (χ0n) is 11.3. The molecule has 1 nitrogen and oxygen atoms in total. The average Bonchev–Trinajstić information content (AvgIpc) is 2.89. The standard InChI is InChI=1S/C17H16BrNS/c1-12(19-11-13-5-4-7-15(18)9-13)17-10-14-6-2-3-8-16(14)20-17/h2-10,12,19H,11H2,1H3. The average molecular weight is 346 g/mol. The Balaban J connectivity index is 1.71. The second-order valence-corrected chi connectivity index (χ2v) is 6.95. The van der Waals surface area contributed by atoms with Gasteiger partial charge in [0.2, 0.25) is 0 Å². The third-order valence-corrected chi connectivity index (χ3v) is 5.16. The summed E-state index contributed by atoms with van der Waals surface area (Å²) < 4.78 is 2.49. The van der Waals surface area contributed by atoms with E-state index in [1.165, 1.54) is 20.5 Å². The van der Waals surface area contributed by atoms with Crippen LogP contribution >= 0.6 is 27.3 Å². The monoisotopic (exact) mass is 345 g/mol. The van der Waals surface area contributed by atoms with Crippen LogP contribution in [0, 0.1) is 0 Å². The van der Waals surface area contributed by atoms with Crippen LogP contribution in [0.4, 0.5) is 0 Å². The van der Waals surface area contributed by atoms with E-state index >= 15 is 0 Å². The van der Waals surface area contributed by atoms with Crippen LogP contribution in [-0.4, -0.2) is 0 Å². The summed E-state index contributed by atoms with van der Waals surface area (Å²) in [5.41, 5.74) is 1.30. The second-order valence-electron chi connectivity index (χ2n) is 4.92. The molecule has 1 atom stereocenters. The van der Waals surface area contributed by atoms with Crippen LogP contribution in [0.1, 0.15) is 23.4 Å². The second kappa shape index (κ2) is 6.08. The van der Waals surface area contributed by atoms with Crippen LogP contribution in [0.15, 0.2) is 59.1 Å². The molecular formula is C17H16BrNS. The molecule has 20 heavy (non-hydrogen) atoms. The first-order valence-corrected chi connectivity index (χ1v) is 8.29. The number of thiophene rings is 1. The lowest BCUT2D eigenvalue weighted by Gasteiger charge is -2.12. The summed E-state index contributed by atoms with van der Waals surface area (Å²) in [6.45, 7) is 3.11. The van der Waals surface area contributed by atoms with Gasteiger partial charge in [-0.15, -0.1) is 11.3 Å². The lowest BCUT2D eigenvalue weighted by Crippen LogP contribution is -2.17. The van der Waals surface area contributed by atoms with E-state index in [0.29, 0.717) is 6.04 Å². The lowest BCUT2D eigenvalue weighted by atomic mass is 10.2. The van der Waals surface area contributed by atoms with Gasteiger partial charge < -0.3 is 5.32 Å². The molecule has 1 aromatic heterocycles. The van der Waals surface area contributed by atoms with Crippen molar-refractivity contribution in [2.45, 2.75) is 19.5 Å². The van der Waals surface area contributed by atoms with E-state index in [1.807, 2.05) is 11.3 Å². The van der Waals surface area contributed by atoms with E-state index in [4.69, 9.17) is 0 Å². The summed E-state index contributed by atoms with van der Waals surface area (Å²) in [6, 6.07) is 19.6. The maximum Gasteiger partial charge on any atom is 0.0389 e. The maximum atomic E-state index is 3.59. The molecule has 3 aromatic rings. The first kappa shape index (κ1) is 13.8. The Kier molecular flexibility index (Phi) is 4.20. The van der Waals surface area contributed by atoms with Crippen LogP contribution in [0.5, 0.6) is 0 Å². The molecule has 1 N–H and O–H groups in total. The highest BCUT2D eigenvalue weighted by Gasteiger charge is 2.09. The molecule has 0 saturated heterocycles. The van der Waals surface area contributed by atoms with Crippen molar-refractivity contribution in [1.82, 2.24) is 5.32 Å². The number of rotatable bonds is 4. The van der Waals surface area contributed by atoms with Gasteiger partial charge in [-0.2, -0.15) is 0 Å². The minimum atomic E-state index is 0.367. The van der Waals surface area contributed by atoms with E-state index in [1.54, 1.807) is 0 Å². The van der Waals surface area contributed by atoms with Crippen molar-refractivity contribution < 1.29 is 0 Å². The van der Waals surface area contributed by atoms with Gasteiger partial charge in [0, 0.05) is 26.6 Å². The van der Waals surface area contributed by atoms with Gasteiger partial charge in [-0.1, -0.05) is 46.3 Å². The molecule has 1 unspecified atom stereocenters. The quantitative estimate of drug-likeness (QED) is 0.656. The van der Waals surface area contributed by atoms with Crippen molar-refractivity contribution in [3.8, 4) is 0 Å². The van der Waals surface area contributed by atoms with Crippen molar-refractivity contribution >= 4 is 37.4 Å². The van der Waals surface area contributed by atoms with Crippen LogP contribution in [-0.2, 0) is 6.54 Å². The SMILES string of the molecule is CC(NCc1cccc(Br)c1)c1cc2ccccc2s1. The largest absolute Gasteiger partial charge is 0.305 e. The molecule has 0 aliphatic rings. The topological polar surface area (TPSA) is 12.0 Å². The van der Waals surface area contributed by atoms with Gasteiger partial charge in [-0.05, 0) is 42.1 Å². The molecule has 3 heteroatoms. The van der Waals surface area contributed by atoms with Crippen molar-refractivity contribution in [1.29, 1.82) is 0 Å². The molecular weight excluding hydrogens is 330 g/mol. The Labute approximate surface area is 131 Å².